The Kier molecular flexibility index (Phi) is 2.36. The van der Waals surface area contributed by atoms with Gasteiger partial charge in [-0.05, 0) is 18.6 Å². The first-order valence-corrected chi connectivity index (χ1v) is 3.45. The Hall–Kier alpha value is -1.39. The second kappa shape index (κ2) is 3.16. The van der Waals surface area contributed by atoms with Crippen LogP contribution in [0.3, 0.4) is 0 Å². The molecule has 0 N–H and O–H groups in total. The minimum atomic E-state index is -4.81. The Morgan fingerprint density at radius 1 is 1.46 bits per heavy atom. The van der Waals surface area contributed by atoms with Gasteiger partial charge in [0.1, 0.15) is 0 Å². The first-order chi connectivity index (χ1) is 5.93. The van der Waals surface area contributed by atoms with E-state index in [0.717, 1.165) is 12.3 Å². The van der Waals surface area contributed by atoms with Gasteiger partial charge in [0.05, 0.1) is 0 Å². The summed E-state index contributed by atoms with van der Waals surface area (Å²) in [5, 5.41) is 0. The number of pyridine rings is 1. The van der Waals surface area contributed by atoms with Crippen LogP contribution in [0.2, 0.25) is 0 Å². The third-order valence-corrected chi connectivity index (χ3v) is 1.52. The summed E-state index contributed by atoms with van der Waals surface area (Å²) in [5.41, 5.74) is -0.118. The average molecular weight is 189 g/mol. The normalized spacial score (nSPS) is 11.4. The van der Waals surface area contributed by atoms with Crippen LogP contribution in [0.25, 0.3) is 0 Å². The van der Waals surface area contributed by atoms with E-state index in [1.165, 1.54) is 13.1 Å². The first-order valence-electron chi connectivity index (χ1n) is 3.45. The van der Waals surface area contributed by atoms with Gasteiger partial charge in [0.2, 0.25) is 0 Å². The molecule has 70 valence electrons. The van der Waals surface area contributed by atoms with Gasteiger partial charge in [-0.25, -0.2) is 0 Å². The smallest absolute Gasteiger partial charge is 0.284 e. The van der Waals surface area contributed by atoms with Crippen LogP contribution in [-0.4, -0.2) is 16.9 Å². The quantitative estimate of drug-likeness (QED) is 0.633. The summed E-state index contributed by atoms with van der Waals surface area (Å²) >= 11 is 0. The van der Waals surface area contributed by atoms with Gasteiger partial charge in [0.25, 0.3) is 5.78 Å². The Labute approximate surface area is 72.4 Å². The molecule has 0 saturated heterocycles. The van der Waals surface area contributed by atoms with Gasteiger partial charge >= 0.3 is 6.18 Å². The maximum atomic E-state index is 11.9. The van der Waals surface area contributed by atoms with E-state index in [1.54, 1.807) is 0 Å². The molecule has 2 nitrogen and oxygen atoms in total. The third kappa shape index (κ3) is 2.05. The lowest BCUT2D eigenvalue weighted by Crippen LogP contribution is -2.23. The van der Waals surface area contributed by atoms with Crippen molar-refractivity contribution in [3.63, 3.8) is 0 Å². The molecule has 0 atom stereocenters. The Morgan fingerprint density at radius 3 is 2.54 bits per heavy atom. The number of hydrogen-bond acceptors (Lipinski definition) is 2. The van der Waals surface area contributed by atoms with Gasteiger partial charge < -0.3 is 0 Å². The van der Waals surface area contributed by atoms with Crippen LogP contribution in [0.15, 0.2) is 18.5 Å². The molecule has 0 aliphatic carbocycles. The highest BCUT2D eigenvalue weighted by Gasteiger charge is 2.39. The molecule has 0 amide bonds. The summed E-state index contributed by atoms with van der Waals surface area (Å²) in [4.78, 5) is 14.3. The fourth-order valence-corrected chi connectivity index (χ4v) is 0.881. The van der Waals surface area contributed by atoms with Gasteiger partial charge in [-0.1, -0.05) is 0 Å². The zero-order valence-corrected chi connectivity index (χ0v) is 6.72. The number of carbonyl (C=O) groups is 1. The summed E-state index contributed by atoms with van der Waals surface area (Å²) in [6, 6.07) is 1.06. The van der Waals surface area contributed by atoms with Crippen LogP contribution in [0.5, 0.6) is 0 Å². The highest BCUT2D eigenvalue weighted by Crippen LogP contribution is 2.22. The lowest BCUT2D eigenvalue weighted by molar-refractivity contribution is -0.0885. The monoisotopic (exact) mass is 189 g/mol. The number of nitrogens with zero attached hydrogens (tertiary/aromatic N) is 1. The zero-order chi connectivity index (χ0) is 10.1. The van der Waals surface area contributed by atoms with Crippen molar-refractivity contribution in [2.75, 3.05) is 0 Å². The number of carbonyl (C=O) groups excluding carboxylic acids is 1. The van der Waals surface area contributed by atoms with Crippen LogP contribution in [-0.2, 0) is 0 Å². The number of Topliss-reactive ketones (excluding diaryl/α,β-unsaturated/α-hetero) is 1. The Morgan fingerprint density at radius 2 is 2.08 bits per heavy atom. The zero-order valence-electron chi connectivity index (χ0n) is 6.72. The SMILES string of the molecule is Cc1cnccc1C(=O)C(F)(F)F. The number of rotatable bonds is 1. The van der Waals surface area contributed by atoms with Crippen molar-refractivity contribution >= 4 is 5.78 Å². The first kappa shape index (κ1) is 9.70. The van der Waals surface area contributed by atoms with E-state index < -0.39 is 12.0 Å². The minimum Gasteiger partial charge on any atom is -0.284 e. The number of aromatic nitrogens is 1. The fraction of sp³-hybridized carbons (Fsp3) is 0.250. The summed E-state index contributed by atoms with van der Waals surface area (Å²) in [6.07, 6.45) is -2.43. The highest BCUT2D eigenvalue weighted by molar-refractivity contribution is 6.01. The van der Waals surface area contributed by atoms with Crippen LogP contribution < -0.4 is 0 Å². The van der Waals surface area contributed by atoms with Gasteiger partial charge in [-0.3, -0.25) is 9.78 Å². The Balaban J connectivity index is 3.10. The van der Waals surface area contributed by atoms with Crippen LogP contribution >= 0.6 is 0 Å². The molecule has 0 saturated carbocycles. The average Bonchev–Trinajstić information content (AvgIpc) is 2.02. The highest BCUT2D eigenvalue weighted by atomic mass is 19.4. The van der Waals surface area contributed by atoms with E-state index in [2.05, 4.69) is 4.98 Å². The van der Waals surface area contributed by atoms with Crippen molar-refractivity contribution in [1.29, 1.82) is 0 Å². The second-order valence-corrected chi connectivity index (χ2v) is 2.52. The van der Waals surface area contributed by atoms with E-state index in [0.29, 0.717) is 0 Å². The lowest BCUT2D eigenvalue weighted by Gasteiger charge is -2.06. The molecule has 1 heterocycles. The summed E-state index contributed by atoms with van der Waals surface area (Å²) in [5.74, 6) is -1.83. The molecule has 1 aromatic heterocycles. The summed E-state index contributed by atoms with van der Waals surface area (Å²) in [7, 11) is 0. The maximum Gasteiger partial charge on any atom is 0.454 e. The van der Waals surface area contributed by atoms with Crippen molar-refractivity contribution in [3.8, 4) is 0 Å². The van der Waals surface area contributed by atoms with E-state index in [9.17, 15) is 18.0 Å². The molecule has 0 spiro atoms. The van der Waals surface area contributed by atoms with Crippen molar-refractivity contribution in [2.45, 2.75) is 13.1 Å². The minimum absolute atomic E-state index is 0.227. The molecule has 0 bridgehead atoms. The van der Waals surface area contributed by atoms with E-state index in [-0.39, 0.29) is 11.1 Å². The lowest BCUT2D eigenvalue weighted by atomic mass is 10.1. The summed E-state index contributed by atoms with van der Waals surface area (Å²) < 4.78 is 35.8. The van der Waals surface area contributed by atoms with Crippen molar-refractivity contribution in [2.24, 2.45) is 0 Å². The van der Waals surface area contributed by atoms with Crippen molar-refractivity contribution < 1.29 is 18.0 Å². The van der Waals surface area contributed by atoms with Crippen LogP contribution in [0, 0.1) is 6.92 Å². The summed E-state index contributed by atoms with van der Waals surface area (Å²) in [6.45, 7) is 1.41. The molecule has 0 unspecified atom stereocenters. The molecule has 1 aromatic rings. The Bertz CT molecular complexity index is 332. The van der Waals surface area contributed by atoms with E-state index in [4.69, 9.17) is 0 Å². The van der Waals surface area contributed by atoms with Crippen molar-refractivity contribution in [1.82, 2.24) is 4.98 Å². The molecule has 5 heteroatoms. The van der Waals surface area contributed by atoms with E-state index >= 15 is 0 Å². The van der Waals surface area contributed by atoms with Gasteiger partial charge in [0.15, 0.2) is 0 Å². The molecule has 1 rings (SSSR count). The largest absolute Gasteiger partial charge is 0.454 e. The topological polar surface area (TPSA) is 30.0 Å². The van der Waals surface area contributed by atoms with Crippen LogP contribution in [0.4, 0.5) is 13.2 Å². The van der Waals surface area contributed by atoms with Gasteiger partial charge in [-0.2, -0.15) is 13.2 Å². The maximum absolute atomic E-state index is 11.9. The molecular weight excluding hydrogens is 183 g/mol. The molecule has 0 radical (unpaired) electrons. The number of ketones is 1. The molecule has 13 heavy (non-hydrogen) atoms. The van der Waals surface area contributed by atoms with E-state index in [1.807, 2.05) is 0 Å². The molecule has 0 aromatic carbocycles. The number of halogens is 3. The molecule has 0 aliphatic rings. The predicted octanol–water partition coefficient (Wildman–Crippen LogP) is 2.14. The fourth-order valence-electron chi connectivity index (χ4n) is 0.881. The number of alkyl halides is 3. The number of hydrogen-bond donors (Lipinski definition) is 0. The van der Waals surface area contributed by atoms with Gasteiger partial charge in [0, 0.05) is 18.0 Å². The molecule has 0 fully saturated rings. The van der Waals surface area contributed by atoms with Crippen molar-refractivity contribution in [3.05, 3.63) is 29.6 Å². The molecular formula is C8H6F3NO. The third-order valence-electron chi connectivity index (χ3n) is 1.52. The standard InChI is InChI=1S/C8H6F3NO/c1-5-4-12-3-2-6(5)7(13)8(9,10)11/h2-4H,1H3. The van der Waals surface area contributed by atoms with Crippen LogP contribution in [0.1, 0.15) is 15.9 Å². The van der Waals surface area contributed by atoms with Gasteiger partial charge in [-0.15, -0.1) is 0 Å². The second-order valence-electron chi connectivity index (χ2n) is 2.52. The molecule has 0 aliphatic heterocycles. The number of aryl methyl sites for hydroxylation is 1. The predicted molar refractivity (Wildman–Crippen MR) is 39.4 cm³/mol.